The second kappa shape index (κ2) is 10.00. The molecule has 0 bridgehead atoms. The highest BCUT2D eigenvalue weighted by Crippen LogP contribution is 2.05. The Morgan fingerprint density at radius 1 is 1.23 bits per heavy atom. The maximum absolute atomic E-state index is 11.4. The van der Waals surface area contributed by atoms with Crippen LogP contribution >= 0.6 is 11.6 Å². The normalized spacial score (nSPS) is 11.4. The largest absolute Gasteiger partial charge is 0.356 e. The molecule has 0 saturated heterocycles. The Labute approximate surface area is 136 Å². The van der Waals surface area contributed by atoms with E-state index in [4.69, 9.17) is 11.6 Å². The molecule has 0 unspecified atom stereocenters. The highest BCUT2D eigenvalue weighted by molar-refractivity contribution is 6.29. The molecule has 0 atom stereocenters. The van der Waals surface area contributed by atoms with Crippen molar-refractivity contribution < 1.29 is 4.79 Å². The van der Waals surface area contributed by atoms with E-state index >= 15 is 0 Å². The van der Waals surface area contributed by atoms with Crippen molar-refractivity contribution in [2.75, 3.05) is 26.7 Å². The average Bonchev–Trinajstić information content (AvgIpc) is 2.51. The lowest BCUT2D eigenvalue weighted by Gasteiger charge is -2.13. The molecule has 0 spiro atoms. The molecule has 6 nitrogen and oxygen atoms in total. The van der Waals surface area contributed by atoms with Crippen LogP contribution in [0.25, 0.3) is 0 Å². The second-order valence-corrected chi connectivity index (χ2v) is 5.50. The number of nitrogens with one attached hydrogen (secondary N) is 3. The minimum Gasteiger partial charge on any atom is -0.356 e. The van der Waals surface area contributed by atoms with Crippen LogP contribution in [0.4, 0.5) is 0 Å². The summed E-state index contributed by atoms with van der Waals surface area (Å²) < 4.78 is 0. The smallest absolute Gasteiger partial charge is 0.222 e. The Bertz CT molecular complexity index is 487. The SMILES string of the molecule is CN=C(NCCNC(=O)C(C)C)NCCc1ccc(Cl)nc1. The van der Waals surface area contributed by atoms with Gasteiger partial charge in [0.25, 0.3) is 0 Å². The first-order chi connectivity index (χ1) is 10.5. The van der Waals surface area contributed by atoms with E-state index in [1.165, 1.54) is 0 Å². The number of rotatable bonds is 7. The summed E-state index contributed by atoms with van der Waals surface area (Å²) >= 11 is 5.75. The van der Waals surface area contributed by atoms with Crippen LogP contribution in [-0.2, 0) is 11.2 Å². The third kappa shape index (κ3) is 7.26. The molecule has 1 aromatic heterocycles. The van der Waals surface area contributed by atoms with E-state index in [1.54, 1.807) is 19.3 Å². The summed E-state index contributed by atoms with van der Waals surface area (Å²) in [5.41, 5.74) is 1.11. The number of halogens is 1. The van der Waals surface area contributed by atoms with Gasteiger partial charge in [0.05, 0.1) is 0 Å². The van der Waals surface area contributed by atoms with Gasteiger partial charge in [-0.2, -0.15) is 0 Å². The number of pyridine rings is 1. The minimum absolute atomic E-state index is 0.00502. The molecule has 0 saturated carbocycles. The fourth-order valence-electron chi connectivity index (χ4n) is 1.67. The number of aliphatic imine (C=N–C) groups is 1. The van der Waals surface area contributed by atoms with Gasteiger partial charge in [-0.15, -0.1) is 0 Å². The summed E-state index contributed by atoms with van der Waals surface area (Å²) in [6, 6.07) is 3.73. The highest BCUT2D eigenvalue weighted by atomic mass is 35.5. The standard InChI is InChI=1S/C15H24ClN5O/c1-11(2)14(22)18-8-9-20-15(17-3)19-7-6-12-4-5-13(16)21-10-12/h4-5,10-11H,6-9H2,1-3H3,(H,18,22)(H2,17,19,20). The predicted octanol–water partition coefficient (Wildman–Crippen LogP) is 1.21. The third-order valence-electron chi connectivity index (χ3n) is 2.96. The van der Waals surface area contributed by atoms with Crippen LogP contribution in [0.2, 0.25) is 5.15 Å². The topological polar surface area (TPSA) is 78.4 Å². The first-order valence-corrected chi connectivity index (χ1v) is 7.73. The zero-order valence-corrected chi connectivity index (χ0v) is 14.1. The minimum atomic E-state index is 0.00502. The lowest BCUT2D eigenvalue weighted by molar-refractivity contribution is -0.123. The van der Waals surface area contributed by atoms with E-state index in [2.05, 4.69) is 25.9 Å². The number of aromatic nitrogens is 1. The van der Waals surface area contributed by atoms with Crippen molar-refractivity contribution in [2.45, 2.75) is 20.3 Å². The van der Waals surface area contributed by atoms with Gasteiger partial charge in [-0.05, 0) is 18.1 Å². The summed E-state index contributed by atoms with van der Waals surface area (Å²) in [7, 11) is 1.71. The number of guanidine groups is 1. The molecule has 1 aromatic rings. The predicted molar refractivity (Wildman–Crippen MR) is 90.2 cm³/mol. The van der Waals surface area contributed by atoms with Crippen molar-refractivity contribution >= 4 is 23.5 Å². The number of hydrogen-bond donors (Lipinski definition) is 3. The second-order valence-electron chi connectivity index (χ2n) is 5.11. The van der Waals surface area contributed by atoms with Gasteiger partial charge in [-0.25, -0.2) is 4.98 Å². The van der Waals surface area contributed by atoms with E-state index in [1.807, 2.05) is 19.9 Å². The molecule has 0 aliphatic heterocycles. The molecule has 0 aliphatic carbocycles. The van der Waals surface area contributed by atoms with Crippen LogP contribution in [-0.4, -0.2) is 43.5 Å². The molecule has 0 aliphatic rings. The molecule has 7 heteroatoms. The maximum atomic E-state index is 11.4. The van der Waals surface area contributed by atoms with E-state index < -0.39 is 0 Å². The Morgan fingerprint density at radius 3 is 2.50 bits per heavy atom. The maximum Gasteiger partial charge on any atom is 0.222 e. The fourth-order valence-corrected chi connectivity index (χ4v) is 1.78. The van der Waals surface area contributed by atoms with Crippen LogP contribution in [0.1, 0.15) is 19.4 Å². The lowest BCUT2D eigenvalue weighted by Crippen LogP contribution is -2.42. The number of hydrogen-bond acceptors (Lipinski definition) is 3. The number of carbonyl (C=O) groups excluding carboxylic acids is 1. The molecule has 0 aromatic carbocycles. The van der Waals surface area contributed by atoms with Gasteiger partial charge < -0.3 is 16.0 Å². The molecule has 0 radical (unpaired) electrons. The third-order valence-corrected chi connectivity index (χ3v) is 3.18. The summed E-state index contributed by atoms with van der Waals surface area (Å²) in [4.78, 5) is 19.6. The van der Waals surface area contributed by atoms with E-state index in [0.29, 0.717) is 24.2 Å². The summed E-state index contributed by atoms with van der Waals surface area (Å²) in [5.74, 6) is 0.770. The molecular formula is C15H24ClN5O. The van der Waals surface area contributed by atoms with Crippen molar-refractivity contribution in [1.29, 1.82) is 0 Å². The quantitative estimate of drug-likeness (QED) is 0.305. The van der Waals surface area contributed by atoms with Gasteiger partial charge in [0.15, 0.2) is 5.96 Å². The van der Waals surface area contributed by atoms with Crippen molar-refractivity contribution in [2.24, 2.45) is 10.9 Å². The van der Waals surface area contributed by atoms with E-state index in [0.717, 1.165) is 18.5 Å². The van der Waals surface area contributed by atoms with Crippen LogP contribution in [0.5, 0.6) is 0 Å². The molecule has 0 fully saturated rings. The zero-order valence-electron chi connectivity index (χ0n) is 13.3. The molecule has 3 N–H and O–H groups in total. The zero-order chi connectivity index (χ0) is 16.4. The molecule has 1 amide bonds. The summed E-state index contributed by atoms with van der Waals surface area (Å²) in [5, 5.41) is 9.70. The van der Waals surface area contributed by atoms with Gasteiger partial charge in [0.1, 0.15) is 5.15 Å². The molecular weight excluding hydrogens is 302 g/mol. The van der Waals surface area contributed by atoms with Gasteiger partial charge in [0.2, 0.25) is 5.91 Å². The van der Waals surface area contributed by atoms with Crippen LogP contribution in [0.3, 0.4) is 0 Å². The summed E-state index contributed by atoms with van der Waals surface area (Å²) in [6.45, 7) is 5.67. The Kier molecular flexibility index (Phi) is 8.28. The van der Waals surface area contributed by atoms with Crippen molar-refractivity contribution in [3.63, 3.8) is 0 Å². The van der Waals surface area contributed by atoms with Gasteiger partial charge in [-0.1, -0.05) is 31.5 Å². The van der Waals surface area contributed by atoms with Gasteiger partial charge >= 0.3 is 0 Å². The number of amides is 1. The van der Waals surface area contributed by atoms with E-state index in [9.17, 15) is 4.79 Å². The monoisotopic (exact) mass is 325 g/mol. The Balaban J connectivity index is 2.20. The van der Waals surface area contributed by atoms with E-state index in [-0.39, 0.29) is 11.8 Å². The van der Waals surface area contributed by atoms with Crippen molar-refractivity contribution in [1.82, 2.24) is 20.9 Å². The lowest BCUT2D eigenvalue weighted by atomic mass is 10.2. The van der Waals surface area contributed by atoms with Crippen LogP contribution < -0.4 is 16.0 Å². The van der Waals surface area contributed by atoms with Crippen LogP contribution in [0, 0.1) is 5.92 Å². The Hall–Kier alpha value is -1.82. The molecule has 22 heavy (non-hydrogen) atoms. The van der Waals surface area contributed by atoms with Gasteiger partial charge in [-0.3, -0.25) is 9.79 Å². The number of nitrogens with zero attached hydrogens (tertiary/aromatic N) is 2. The molecule has 1 heterocycles. The van der Waals surface area contributed by atoms with Crippen LogP contribution in [0.15, 0.2) is 23.3 Å². The molecule has 1 rings (SSSR count). The summed E-state index contributed by atoms with van der Waals surface area (Å²) in [6.07, 6.45) is 2.59. The number of carbonyl (C=O) groups is 1. The van der Waals surface area contributed by atoms with Crippen molar-refractivity contribution in [3.05, 3.63) is 29.0 Å². The Morgan fingerprint density at radius 2 is 1.91 bits per heavy atom. The van der Waals surface area contributed by atoms with Crippen molar-refractivity contribution in [3.8, 4) is 0 Å². The molecule has 122 valence electrons. The first-order valence-electron chi connectivity index (χ1n) is 7.35. The average molecular weight is 326 g/mol. The highest BCUT2D eigenvalue weighted by Gasteiger charge is 2.05. The fraction of sp³-hybridized carbons (Fsp3) is 0.533. The first kappa shape index (κ1) is 18.2. The van der Waals surface area contributed by atoms with Gasteiger partial charge in [0, 0.05) is 38.8 Å².